The van der Waals surface area contributed by atoms with Gasteiger partial charge in [-0.2, -0.15) is 0 Å². The van der Waals surface area contributed by atoms with Crippen molar-refractivity contribution in [2.75, 3.05) is 20.3 Å². The highest BCUT2D eigenvalue weighted by Crippen LogP contribution is 2.21. The number of benzene rings is 1. The van der Waals surface area contributed by atoms with E-state index in [1.165, 1.54) is 17.0 Å². The molecule has 1 fully saturated rings. The number of amides is 1. The Balaban J connectivity index is 2.09. The number of ether oxygens (including phenoxy) is 1. The van der Waals surface area contributed by atoms with Crippen LogP contribution in [-0.4, -0.2) is 48.3 Å². The predicted molar refractivity (Wildman–Crippen MR) is 68.1 cm³/mol. The van der Waals surface area contributed by atoms with Crippen LogP contribution in [0.4, 0.5) is 8.78 Å². The smallest absolute Gasteiger partial charge is 0.227 e. The summed E-state index contributed by atoms with van der Waals surface area (Å²) in [6.45, 7) is 0.189. The number of rotatable bonds is 4. The Morgan fingerprint density at radius 3 is 2.90 bits per heavy atom. The average molecular weight is 285 g/mol. The van der Waals surface area contributed by atoms with E-state index in [0.717, 1.165) is 6.07 Å². The zero-order valence-corrected chi connectivity index (χ0v) is 11.2. The first-order valence-electron chi connectivity index (χ1n) is 6.42. The maximum absolute atomic E-state index is 13.6. The Morgan fingerprint density at radius 1 is 1.50 bits per heavy atom. The molecule has 0 aliphatic carbocycles. The lowest BCUT2D eigenvalue weighted by molar-refractivity contribution is -0.132. The molecule has 0 spiro atoms. The molecular formula is C14H17F2NO3. The number of methoxy groups -OCH3 is 1. The first-order chi connectivity index (χ1) is 9.56. The number of hydrogen-bond donors (Lipinski definition) is 1. The highest BCUT2D eigenvalue weighted by molar-refractivity contribution is 5.79. The second-order valence-corrected chi connectivity index (χ2v) is 4.87. The van der Waals surface area contributed by atoms with E-state index in [1.54, 1.807) is 7.11 Å². The molecule has 1 amide bonds. The van der Waals surface area contributed by atoms with Crippen molar-refractivity contribution in [1.29, 1.82) is 0 Å². The number of hydrogen-bond acceptors (Lipinski definition) is 3. The third kappa shape index (κ3) is 2.96. The standard InChI is InChI=1S/C14H17F2NO3/c1-20-11-6-10(8-18)17(7-11)13(19)5-9-3-2-4-12(15)14(9)16/h2-4,10-11,18H,5-8H2,1H3/t10-,11-/m0/s1. The van der Waals surface area contributed by atoms with Gasteiger partial charge in [0.25, 0.3) is 0 Å². The lowest BCUT2D eigenvalue weighted by atomic mass is 10.1. The van der Waals surface area contributed by atoms with E-state index in [0.29, 0.717) is 13.0 Å². The van der Waals surface area contributed by atoms with Gasteiger partial charge >= 0.3 is 0 Å². The first kappa shape index (κ1) is 14.9. The fourth-order valence-electron chi connectivity index (χ4n) is 2.47. The number of aliphatic hydroxyl groups is 1. The second kappa shape index (κ2) is 6.28. The van der Waals surface area contributed by atoms with E-state index < -0.39 is 11.6 Å². The van der Waals surface area contributed by atoms with Crippen molar-refractivity contribution in [3.63, 3.8) is 0 Å². The molecule has 1 aliphatic heterocycles. The molecule has 1 aromatic rings. The molecule has 1 N–H and O–H groups in total. The van der Waals surface area contributed by atoms with Crippen LogP contribution >= 0.6 is 0 Å². The molecule has 0 saturated carbocycles. The Hall–Kier alpha value is -1.53. The van der Waals surface area contributed by atoms with Gasteiger partial charge in [-0.15, -0.1) is 0 Å². The van der Waals surface area contributed by atoms with Crippen molar-refractivity contribution in [1.82, 2.24) is 4.90 Å². The predicted octanol–water partition coefficient (Wildman–Crippen LogP) is 1.12. The maximum atomic E-state index is 13.6. The van der Waals surface area contributed by atoms with Gasteiger partial charge < -0.3 is 14.7 Å². The normalized spacial score (nSPS) is 22.3. The van der Waals surface area contributed by atoms with Gasteiger partial charge in [-0.05, 0) is 12.5 Å². The average Bonchev–Trinajstić information content (AvgIpc) is 2.87. The summed E-state index contributed by atoms with van der Waals surface area (Å²) in [7, 11) is 1.54. The minimum atomic E-state index is -0.996. The molecule has 4 nitrogen and oxygen atoms in total. The van der Waals surface area contributed by atoms with Crippen LogP contribution in [0, 0.1) is 11.6 Å². The summed E-state index contributed by atoms with van der Waals surface area (Å²) in [5.74, 6) is -2.30. The topological polar surface area (TPSA) is 49.8 Å². The summed E-state index contributed by atoms with van der Waals surface area (Å²) < 4.78 is 31.8. The third-order valence-electron chi connectivity index (χ3n) is 3.61. The quantitative estimate of drug-likeness (QED) is 0.902. The number of carbonyl (C=O) groups is 1. The van der Waals surface area contributed by atoms with Gasteiger partial charge in [-0.25, -0.2) is 8.78 Å². The van der Waals surface area contributed by atoms with Gasteiger partial charge in [0.05, 0.1) is 25.2 Å². The first-order valence-corrected chi connectivity index (χ1v) is 6.42. The lowest BCUT2D eigenvalue weighted by Crippen LogP contribution is -2.39. The molecule has 0 radical (unpaired) electrons. The van der Waals surface area contributed by atoms with Crippen LogP contribution in [-0.2, 0) is 16.0 Å². The monoisotopic (exact) mass is 285 g/mol. The van der Waals surface area contributed by atoms with Gasteiger partial charge in [-0.1, -0.05) is 12.1 Å². The molecule has 0 unspecified atom stereocenters. The fourth-order valence-corrected chi connectivity index (χ4v) is 2.47. The van der Waals surface area contributed by atoms with Crippen molar-refractivity contribution >= 4 is 5.91 Å². The molecule has 0 bridgehead atoms. The minimum absolute atomic E-state index is 0.0209. The summed E-state index contributed by atoms with van der Waals surface area (Å²) >= 11 is 0. The molecule has 1 saturated heterocycles. The van der Waals surface area contributed by atoms with Crippen LogP contribution in [0.25, 0.3) is 0 Å². The van der Waals surface area contributed by atoms with Crippen molar-refractivity contribution in [2.24, 2.45) is 0 Å². The van der Waals surface area contributed by atoms with Crippen molar-refractivity contribution in [3.8, 4) is 0 Å². The highest BCUT2D eigenvalue weighted by atomic mass is 19.2. The molecule has 2 rings (SSSR count). The molecule has 1 aliphatic rings. The number of nitrogens with zero attached hydrogens (tertiary/aromatic N) is 1. The van der Waals surface area contributed by atoms with Gasteiger partial charge in [0.1, 0.15) is 0 Å². The van der Waals surface area contributed by atoms with E-state index in [4.69, 9.17) is 4.74 Å². The summed E-state index contributed by atoms with van der Waals surface area (Å²) in [5.41, 5.74) is 0.0209. The van der Waals surface area contributed by atoms with Crippen molar-refractivity contribution in [2.45, 2.75) is 25.0 Å². The third-order valence-corrected chi connectivity index (χ3v) is 3.61. The maximum Gasteiger partial charge on any atom is 0.227 e. The molecule has 2 atom stereocenters. The SMILES string of the molecule is CO[C@H]1C[C@@H](CO)N(C(=O)Cc2cccc(F)c2F)C1. The fraction of sp³-hybridized carbons (Fsp3) is 0.500. The number of aliphatic hydroxyl groups excluding tert-OH is 1. The summed E-state index contributed by atoms with van der Waals surface area (Å²) in [5, 5.41) is 9.28. The minimum Gasteiger partial charge on any atom is -0.394 e. The number of carbonyl (C=O) groups excluding carboxylic acids is 1. The van der Waals surface area contributed by atoms with Crippen molar-refractivity contribution < 1.29 is 23.4 Å². The molecule has 1 aromatic carbocycles. The van der Waals surface area contributed by atoms with Crippen LogP contribution in [0.2, 0.25) is 0 Å². The summed E-state index contributed by atoms with van der Waals surface area (Å²) in [6.07, 6.45) is 0.189. The van der Waals surface area contributed by atoms with Crippen LogP contribution in [0.5, 0.6) is 0 Å². The van der Waals surface area contributed by atoms with E-state index in [1.807, 2.05) is 0 Å². The Morgan fingerprint density at radius 2 is 2.25 bits per heavy atom. The van der Waals surface area contributed by atoms with E-state index >= 15 is 0 Å². The largest absolute Gasteiger partial charge is 0.394 e. The van der Waals surface area contributed by atoms with Crippen LogP contribution in [0.15, 0.2) is 18.2 Å². The van der Waals surface area contributed by atoms with Crippen LogP contribution in [0.1, 0.15) is 12.0 Å². The molecule has 110 valence electrons. The van der Waals surface area contributed by atoms with Crippen LogP contribution in [0.3, 0.4) is 0 Å². The number of halogens is 2. The van der Waals surface area contributed by atoms with E-state index in [9.17, 15) is 18.7 Å². The van der Waals surface area contributed by atoms with Crippen LogP contribution < -0.4 is 0 Å². The van der Waals surface area contributed by atoms with Crippen molar-refractivity contribution in [3.05, 3.63) is 35.4 Å². The van der Waals surface area contributed by atoms with E-state index in [-0.39, 0.29) is 36.6 Å². The van der Waals surface area contributed by atoms with Gasteiger partial charge in [0.15, 0.2) is 11.6 Å². The molecule has 0 aromatic heterocycles. The van der Waals surface area contributed by atoms with Gasteiger partial charge in [-0.3, -0.25) is 4.79 Å². The zero-order valence-electron chi connectivity index (χ0n) is 11.2. The Labute approximate surface area is 116 Å². The Bertz CT molecular complexity index is 495. The summed E-state index contributed by atoms with van der Waals surface area (Å²) in [4.78, 5) is 13.6. The number of likely N-dealkylation sites (tertiary alicyclic amines) is 1. The summed E-state index contributed by atoms with van der Waals surface area (Å²) in [6, 6.07) is 3.43. The molecule has 20 heavy (non-hydrogen) atoms. The molecule has 1 heterocycles. The molecule has 6 heteroatoms. The van der Waals surface area contributed by atoms with E-state index in [2.05, 4.69) is 0 Å². The molecular weight excluding hydrogens is 268 g/mol. The highest BCUT2D eigenvalue weighted by Gasteiger charge is 2.34. The van der Waals surface area contributed by atoms with Gasteiger partial charge in [0, 0.05) is 19.2 Å². The zero-order chi connectivity index (χ0) is 14.7. The second-order valence-electron chi connectivity index (χ2n) is 4.87. The lowest BCUT2D eigenvalue weighted by Gasteiger charge is -2.22. The van der Waals surface area contributed by atoms with Gasteiger partial charge in [0.2, 0.25) is 5.91 Å². The Kier molecular flexibility index (Phi) is 4.67.